The molecule has 1 unspecified atom stereocenters. The van der Waals surface area contributed by atoms with Crippen LogP contribution in [0.4, 0.5) is 5.69 Å². The first kappa shape index (κ1) is 19.4. The van der Waals surface area contributed by atoms with Crippen LogP contribution in [0.5, 0.6) is 0 Å². The van der Waals surface area contributed by atoms with Crippen LogP contribution < -0.4 is 16.2 Å². The number of carbonyl (C=O) groups excluding carboxylic acids is 2. The summed E-state index contributed by atoms with van der Waals surface area (Å²) in [6.07, 6.45) is 0. The fraction of sp³-hybridized carbons (Fsp3) is 0.227. The maximum Gasteiger partial charge on any atom is 0.252 e. The number of nitrogens with one attached hydrogen (secondary N) is 3. The fourth-order valence-electron chi connectivity index (χ4n) is 3.03. The molecule has 1 atom stereocenters. The van der Waals surface area contributed by atoms with Crippen molar-refractivity contribution in [2.75, 3.05) is 11.9 Å². The van der Waals surface area contributed by atoms with Crippen molar-refractivity contribution < 1.29 is 9.59 Å². The number of amides is 2. The van der Waals surface area contributed by atoms with Crippen LogP contribution in [0, 0.1) is 6.92 Å². The first-order chi connectivity index (χ1) is 13.4. The fourth-order valence-corrected chi connectivity index (χ4v) is 3.03. The topological polar surface area (TPSA) is 91.1 Å². The third-order valence-electron chi connectivity index (χ3n) is 4.74. The summed E-state index contributed by atoms with van der Waals surface area (Å²) in [6, 6.07) is 14.3. The van der Waals surface area contributed by atoms with Gasteiger partial charge in [0.15, 0.2) is 0 Å². The molecular weight excluding hydrogens is 354 g/mol. The number of H-pyrrole nitrogens is 1. The third-order valence-corrected chi connectivity index (χ3v) is 4.74. The number of hydrogen-bond acceptors (Lipinski definition) is 3. The van der Waals surface area contributed by atoms with Crippen molar-refractivity contribution in [1.82, 2.24) is 10.3 Å². The van der Waals surface area contributed by atoms with Crippen molar-refractivity contribution >= 4 is 28.4 Å². The maximum absolute atomic E-state index is 12.8. The first-order valence-electron chi connectivity index (χ1n) is 9.22. The third kappa shape index (κ3) is 3.96. The van der Waals surface area contributed by atoms with Gasteiger partial charge < -0.3 is 15.6 Å². The normalized spacial score (nSPS) is 11.8. The zero-order chi connectivity index (χ0) is 20.3. The summed E-state index contributed by atoms with van der Waals surface area (Å²) >= 11 is 0. The van der Waals surface area contributed by atoms with Crippen LogP contribution in [-0.2, 0) is 4.79 Å². The van der Waals surface area contributed by atoms with Gasteiger partial charge in [-0.1, -0.05) is 24.3 Å². The lowest BCUT2D eigenvalue weighted by atomic mass is 9.99. The molecule has 0 spiro atoms. The Labute approximate surface area is 163 Å². The van der Waals surface area contributed by atoms with Gasteiger partial charge in [0.1, 0.15) is 0 Å². The first-order valence-corrected chi connectivity index (χ1v) is 9.22. The number of anilines is 1. The zero-order valence-corrected chi connectivity index (χ0v) is 16.1. The van der Waals surface area contributed by atoms with Crippen LogP contribution in [0.15, 0.2) is 53.3 Å². The number of pyridine rings is 1. The van der Waals surface area contributed by atoms with Crippen LogP contribution in [-0.4, -0.2) is 23.3 Å². The molecule has 144 valence electrons. The number of benzene rings is 2. The molecule has 1 heterocycles. The minimum atomic E-state index is -0.652. The van der Waals surface area contributed by atoms with Crippen molar-refractivity contribution in [3.63, 3.8) is 0 Å². The summed E-state index contributed by atoms with van der Waals surface area (Å²) < 4.78 is 0. The lowest BCUT2D eigenvalue weighted by molar-refractivity contribution is -0.117. The molecule has 0 aliphatic heterocycles. The van der Waals surface area contributed by atoms with Crippen LogP contribution in [0.2, 0.25) is 0 Å². The molecule has 28 heavy (non-hydrogen) atoms. The van der Waals surface area contributed by atoms with Gasteiger partial charge in [-0.2, -0.15) is 0 Å². The number of rotatable bonds is 5. The van der Waals surface area contributed by atoms with Gasteiger partial charge >= 0.3 is 0 Å². The highest BCUT2D eigenvalue weighted by molar-refractivity contribution is 5.99. The Morgan fingerprint density at radius 1 is 1.11 bits per heavy atom. The van der Waals surface area contributed by atoms with Gasteiger partial charge in [-0.3, -0.25) is 14.4 Å². The molecule has 0 saturated heterocycles. The summed E-state index contributed by atoms with van der Waals surface area (Å²) in [7, 11) is 0. The van der Waals surface area contributed by atoms with Crippen molar-refractivity contribution in [3.05, 3.63) is 75.6 Å². The minimum absolute atomic E-state index is 0.197. The van der Waals surface area contributed by atoms with Crippen LogP contribution in [0.3, 0.4) is 0 Å². The van der Waals surface area contributed by atoms with Gasteiger partial charge in [0.05, 0.1) is 5.92 Å². The Balaban J connectivity index is 1.87. The van der Waals surface area contributed by atoms with E-state index in [2.05, 4.69) is 15.6 Å². The molecule has 6 nitrogen and oxygen atoms in total. The Hall–Kier alpha value is -3.41. The van der Waals surface area contributed by atoms with Crippen molar-refractivity contribution in [1.29, 1.82) is 0 Å². The van der Waals surface area contributed by atoms with E-state index in [-0.39, 0.29) is 17.4 Å². The predicted octanol–water partition coefficient (Wildman–Crippen LogP) is 3.33. The van der Waals surface area contributed by atoms with Crippen LogP contribution in [0.1, 0.15) is 41.3 Å². The highest BCUT2D eigenvalue weighted by Gasteiger charge is 2.20. The van der Waals surface area contributed by atoms with E-state index in [4.69, 9.17) is 0 Å². The van der Waals surface area contributed by atoms with Crippen molar-refractivity contribution in [2.45, 2.75) is 26.7 Å². The number of aryl methyl sites for hydroxylation is 1. The Morgan fingerprint density at radius 3 is 2.61 bits per heavy atom. The van der Waals surface area contributed by atoms with Gasteiger partial charge in [0.25, 0.3) is 11.5 Å². The number of aromatic amines is 1. The second-order valence-electron chi connectivity index (χ2n) is 6.74. The van der Waals surface area contributed by atoms with E-state index in [1.54, 1.807) is 31.2 Å². The molecule has 2 aromatic carbocycles. The standard InChI is InChI=1S/C22H23N3O3/c1-4-23-21(27)16-10-9-13(2)19(12-16)25-20(26)14(3)17-11-15-7-5-6-8-18(15)24-22(17)28/h5-12,14H,4H2,1-3H3,(H,23,27)(H,24,28)(H,25,26). The van der Waals surface area contributed by atoms with E-state index < -0.39 is 5.92 Å². The molecule has 3 aromatic rings. The second kappa shape index (κ2) is 8.08. The second-order valence-corrected chi connectivity index (χ2v) is 6.74. The number of carbonyl (C=O) groups is 2. The minimum Gasteiger partial charge on any atom is -0.352 e. The molecule has 0 aliphatic rings. The quantitative estimate of drug-likeness (QED) is 0.637. The van der Waals surface area contributed by atoms with Crippen LogP contribution in [0.25, 0.3) is 10.9 Å². The van der Waals surface area contributed by atoms with E-state index in [1.807, 2.05) is 38.1 Å². The SMILES string of the molecule is CCNC(=O)c1ccc(C)c(NC(=O)C(C)c2cc3ccccc3[nH]c2=O)c1. The van der Waals surface area contributed by atoms with Gasteiger partial charge in [-0.05, 0) is 56.0 Å². The summed E-state index contributed by atoms with van der Waals surface area (Å²) in [5.74, 6) is -1.16. The van der Waals surface area contributed by atoms with Gasteiger partial charge in [-0.15, -0.1) is 0 Å². The van der Waals surface area contributed by atoms with E-state index >= 15 is 0 Å². The molecular formula is C22H23N3O3. The predicted molar refractivity (Wildman–Crippen MR) is 111 cm³/mol. The summed E-state index contributed by atoms with van der Waals surface area (Å²) in [5.41, 5.74) is 2.70. The molecule has 3 N–H and O–H groups in total. The molecule has 0 radical (unpaired) electrons. The van der Waals surface area contributed by atoms with E-state index in [1.165, 1.54) is 0 Å². The van der Waals surface area contributed by atoms with Crippen molar-refractivity contribution in [2.24, 2.45) is 0 Å². The number of para-hydroxylation sites is 1. The number of aromatic nitrogens is 1. The summed E-state index contributed by atoms with van der Waals surface area (Å²) in [6.45, 7) is 5.91. The molecule has 6 heteroatoms. The average Bonchev–Trinajstić information content (AvgIpc) is 2.68. The summed E-state index contributed by atoms with van der Waals surface area (Å²) in [4.78, 5) is 40.1. The molecule has 0 fully saturated rings. The molecule has 0 bridgehead atoms. The van der Waals surface area contributed by atoms with Gasteiger partial charge in [-0.25, -0.2) is 0 Å². The highest BCUT2D eigenvalue weighted by atomic mass is 16.2. The van der Waals surface area contributed by atoms with Gasteiger partial charge in [0, 0.05) is 28.9 Å². The lowest BCUT2D eigenvalue weighted by Crippen LogP contribution is -2.26. The Bertz CT molecular complexity index is 1100. The smallest absolute Gasteiger partial charge is 0.252 e. The number of fused-ring (bicyclic) bond motifs is 1. The molecule has 2 amide bonds. The van der Waals surface area contributed by atoms with Crippen LogP contribution >= 0.6 is 0 Å². The van der Waals surface area contributed by atoms with E-state index in [0.29, 0.717) is 23.4 Å². The zero-order valence-electron chi connectivity index (χ0n) is 16.1. The highest BCUT2D eigenvalue weighted by Crippen LogP contribution is 2.21. The lowest BCUT2D eigenvalue weighted by Gasteiger charge is -2.15. The monoisotopic (exact) mass is 377 g/mol. The Morgan fingerprint density at radius 2 is 1.86 bits per heavy atom. The van der Waals surface area contributed by atoms with Gasteiger partial charge in [0.2, 0.25) is 5.91 Å². The summed E-state index contributed by atoms with van der Waals surface area (Å²) in [5, 5.41) is 6.45. The van der Waals surface area contributed by atoms with E-state index in [9.17, 15) is 14.4 Å². The molecule has 0 aliphatic carbocycles. The Kier molecular flexibility index (Phi) is 5.59. The molecule has 0 saturated carbocycles. The number of hydrogen-bond donors (Lipinski definition) is 3. The van der Waals surface area contributed by atoms with E-state index in [0.717, 1.165) is 16.5 Å². The van der Waals surface area contributed by atoms with Crippen molar-refractivity contribution in [3.8, 4) is 0 Å². The maximum atomic E-state index is 12.8. The molecule has 1 aromatic heterocycles. The average molecular weight is 377 g/mol. The largest absolute Gasteiger partial charge is 0.352 e. The molecule has 3 rings (SSSR count).